The van der Waals surface area contributed by atoms with Gasteiger partial charge in [-0.1, -0.05) is 57.1 Å². The van der Waals surface area contributed by atoms with E-state index in [1.54, 1.807) is 6.92 Å². The van der Waals surface area contributed by atoms with Crippen LogP contribution in [0.4, 0.5) is 0 Å². The first-order valence-corrected chi connectivity index (χ1v) is 7.95. The average molecular weight is 250 g/mol. The van der Waals surface area contributed by atoms with Gasteiger partial charge in [-0.15, -0.1) is 0 Å². The van der Waals surface area contributed by atoms with Gasteiger partial charge in [0.05, 0.1) is 0 Å². The Labute approximate surface area is 113 Å². The van der Waals surface area contributed by atoms with Crippen molar-refractivity contribution in [1.82, 2.24) is 0 Å². The lowest BCUT2D eigenvalue weighted by Gasteiger charge is -2.06. The highest BCUT2D eigenvalue weighted by molar-refractivity contribution is 5.75. The molecule has 0 radical (unpaired) electrons. The van der Waals surface area contributed by atoms with Gasteiger partial charge in [0.25, 0.3) is 0 Å². The molecule has 0 amide bonds. The molecule has 0 fully saturated rings. The first-order chi connectivity index (χ1) is 8.79. The lowest BCUT2D eigenvalue weighted by Crippen LogP contribution is -1.91. The standard InChI is InChI=1S/C17H30O/c1-16(18)12-8-6-4-2-3-5-7-9-13-17-14-10-11-15-17/h10,14,17H,2-9,11-13,15H2,1H3/t17-/m1/s1. The van der Waals surface area contributed by atoms with Crippen LogP contribution < -0.4 is 0 Å². The van der Waals surface area contributed by atoms with Gasteiger partial charge in [0.15, 0.2) is 0 Å². The number of rotatable bonds is 11. The molecule has 0 bridgehead atoms. The molecule has 1 aliphatic carbocycles. The summed E-state index contributed by atoms with van der Waals surface area (Å²) in [6, 6.07) is 0. The highest BCUT2D eigenvalue weighted by atomic mass is 16.1. The number of Topliss-reactive ketones (excluding diaryl/α,β-unsaturated/α-hetero) is 1. The summed E-state index contributed by atoms with van der Waals surface area (Å²) in [4.78, 5) is 10.8. The van der Waals surface area contributed by atoms with Crippen LogP contribution in [0.2, 0.25) is 0 Å². The fourth-order valence-electron chi connectivity index (χ4n) is 2.78. The molecule has 0 aliphatic heterocycles. The number of carbonyl (C=O) groups excluding carboxylic acids is 1. The second-order valence-corrected chi connectivity index (χ2v) is 5.83. The molecule has 0 aromatic rings. The fourth-order valence-corrected chi connectivity index (χ4v) is 2.78. The van der Waals surface area contributed by atoms with E-state index in [9.17, 15) is 4.79 Å². The zero-order chi connectivity index (χ0) is 13.1. The van der Waals surface area contributed by atoms with E-state index in [1.807, 2.05) is 0 Å². The van der Waals surface area contributed by atoms with Gasteiger partial charge in [0.2, 0.25) is 0 Å². The summed E-state index contributed by atoms with van der Waals surface area (Å²) in [5.41, 5.74) is 0. The van der Waals surface area contributed by atoms with Crippen LogP contribution in [0.3, 0.4) is 0 Å². The molecule has 1 nitrogen and oxygen atoms in total. The summed E-state index contributed by atoms with van der Waals surface area (Å²) in [6.07, 6.45) is 20.3. The van der Waals surface area contributed by atoms with Gasteiger partial charge in [0, 0.05) is 6.42 Å². The SMILES string of the molecule is CC(=O)CCCCCCCCCC[C@@H]1C=CCC1. The summed E-state index contributed by atoms with van der Waals surface area (Å²) in [6.45, 7) is 1.69. The van der Waals surface area contributed by atoms with E-state index in [0.29, 0.717) is 5.78 Å². The molecule has 1 heteroatoms. The molecule has 1 atom stereocenters. The maximum atomic E-state index is 10.8. The third kappa shape index (κ3) is 8.49. The topological polar surface area (TPSA) is 17.1 Å². The third-order valence-electron chi connectivity index (χ3n) is 3.97. The highest BCUT2D eigenvalue weighted by Crippen LogP contribution is 2.23. The van der Waals surface area contributed by atoms with Gasteiger partial charge in [-0.25, -0.2) is 0 Å². The van der Waals surface area contributed by atoms with E-state index < -0.39 is 0 Å². The number of hydrogen-bond acceptors (Lipinski definition) is 1. The molecule has 0 spiro atoms. The van der Waals surface area contributed by atoms with Crippen molar-refractivity contribution in [3.05, 3.63) is 12.2 Å². The smallest absolute Gasteiger partial charge is 0.129 e. The van der Waals surface area contributed by atoms with Crippen LogP contribution in [0.25, 0.3) is 0 Å². The van der Waals surface area contributed by atoms with Crippen LogP contribution in [0.1, 0.15) is 84.0 Å². The molecule has 0 saturated heterocycles. The Hall–Kier alpha value is -0.590. The molecular formula is C17H30O. The molecule has 0 N–H and O–H groups in total. The quantitative estimate of drug-likeness (QED) is 0.352. The minimum atomic E-state index is 0.343. The summed E-state index contributed by atoms with van der Waals surface area (Å²) in [5.74, 6) is 1.24. The van der Waals surface area contributed by atoms with Crippen molar-refractivity contribution >= 4 is 5.78 Å². The lowest BCUT2D eigenvalue weighted by molar-refractivity contribution is -0.117. The molecule has 0 aromatic carbocycles. The number of unbranched alkanes of at least 4 members (excludes halogenated alkanes) is 7. The van der Waals surface area contributed by atoms with Crippen molar-refractivity contribution in [3.8, 4) is 0 Å². The Bertz CT molecular complexity index is 242. The van der Waals surface area contributed by atoms with E-state index in [1.165, 1.54) is 64.2 Å². The van der Waals surface area contributed by atoms with E-state index >= 15 is 0 Å². The van der Waals surface area contributed by atoms with Crippen molar-refractivity contribution in [2.24, 2.45) is 5.92 Å². The zero-order valence-corrected chi connectivity index (χ0v) is 12.1. The van der Waals surface area contributed by atoms with Gasteiger partial charge < -0.3 is 4.79 Å². The molecule has 104 valence electrons. The number of hydrogen-bond donors (Lipinski definition) is 0. The van der Waals surface area contributed by atoms with E-state index in [2.05, 4.69) is 12.2 Å². The Balaban J connectivity index is 1.73. The van der Waals surface area contributed by atoms with E-state index in [4.69, 9.17) is 0 Å². The predicted molar refractivity (Wildman–Crippen MR) is 78.7 cm³/mol. The molecule has 1 rings (SSSR count). The van der Waals surface area contributed by atoms with Crippen LogP contribution in [0.5, 0.6) is 0 Å². The van der Waals surface area contributed by atoms with Gasteiger partial charge in [0.1, 0.15) is 5.78 Å². The minimum absolute atomic E-state index is 0.343. The van der Waals surface area contributed by atoms with Crippen LogP contribution in [-0.4, -0.2) is 5.78 Å². The summed E-state index contributed by atoms with van der Waals surface area (Å²) in [7, 11) is 0. The second-order valence-electron chi connectivity index (χ2n) is 5.83. The lowest BCUT2D eigenvalue weighted by atomic mass is 9.99. The monoisotopic (exact) mass is 250 g/mol. The van der Waals surface area contributed by atoms with Crippen molar-refractivity contribution in [3.63, 3.8) is 0 Å². The van der Waals surface area contributed by atoms with Crippen LogP contribution >= 0.6 is 0 Å². The Morgan fingerprint density at radius 2 is 1.61 bits per heavy atom. The van der Waals surface area contributed by atoms with Gasteiger partial charge in [-0.05, 0) is 38.5 Å². The van der Waals surface area contributed by atoms with E-state index in [-0.39, 0.29) is 0 Å². The largest absolute Gasteiger partial charge is 0.300 e. The molecule has 0 unspecified atom stereocenters. The van der Waals surface area contributed by atoms with Crippen LogP contribution in [0, 0.1) is 5.92 Å². The summed E-state index contributed by atoms with van der Waals surface area (Å²) < 4.78 is 0. The summed E-state index contributed by atoms with van der Waals surface area (Å²) >= 11 is 0. The van der Waals surface area contributed by atoms with Gasteiger partial charge >= 0.3 is 0 Å². The number of allylic oxidation sites excluding steroid dienone is 2. The molecule has 18 heavy (non-hydrogen) atoms. The van der Waals surface area contributed by atoms with Crippen molar-refractivity contribution < 1.29 is 4.79 Å². The average Bonchev–Trinajstić information content (AvgIpc) is 2.84. The zero-order valence-electron chi connectivity index (χ0n) is 12.1. The Kier molecular flexibility index (Phi) is 8.89. The molecule has 1 aliphatic rings. The number of carbonyl (C=O) groups is 1. The second kappa shape index (κ2) is 10.3. The first-order valence-electron chi connectivity index (χ1n) is 7.95. The minimum Gasteiger partial charge on any atom is -0.300 e. The fraction of sp³-hybridized carbons (Fsp3) is 0.824. The van der Waals surface area contributed by atoms with Crippen molar-refractivity contribution in [2.75, 3.05) is 0 Å². The maximum absolute atomic E-state index is 10.8. The Morgan fingerprint density at radius 3 is 2.17 bits per heavy atom. The molecule has 0 saturated carbocycles. The molecule has 0 heterocycles. The Morgan fingerprint density at radius 1 is 1.00 bits per heavy atom. The molecule has 0 aromatic heterocycles. The number of ketones is 1. The van der Waals surface area contributed by atoms with Crippen LogP contribution in [-0.2, 0) is 4.79 Å². The third-order valence-corrected chi connectivity index (χ3v) is 3.97. The normalized spacial score (nSPS) is 18.4. The maximum Gasteiger partial charge on any atom is 0.129 e. The predicted octanol–water partition coefficient (Wildman–Crippen LogP) is 5.44. The van der Waals surface area contributed by atoms with Crippen molar-refractivity contribution in [1.29, 1.82) is 0 Å². The first kappa shape index (κ1) is 15.5. The van der Waals surface area contributed by atoms with Gasteiger partial charge in [-0.3, -0.25) is 0 Å². The highest BCUT2D eigenvalue weighted by Gasteiger charge is 2.07. The van der Waals surface area contributed by atoms with Gasteiger partial charge in [-0.2, -0.15) is 0 Å². The van der Waals surface area contributed by atoms with Crippen molar-refractivity contribution in [2.45, 2.75) is 84.0 Å². The molecular weight excluding hydrogens is 220 g/mol. The van der Waals surface area contributed by atoms with E-state index in [0.717, 1.165) is 18.8 Å². The van der Waals surface area contributed by atoms with Crippen LogP contribution in [0.15, 0.2) is 12.2 Å². The summed E-state index contributed by atoms with van der Waals surface area (Å²) in [5, 5.41) is 0.